The van der Waals surface area contributed by atoms with Crippen molar-refractivity contribution in [3.8, 4) is 0 Å². The van der Waals surface area contributed by atoms with Crippen LogP contribution in [0.4, 0.5) is 0 Å². The van der Waals surface area contributed by atoms with Gasteiger partial charge in [0.05, 0.1) is 6.54 Å². The molecule has 1 heterocycles. The number of rotatable bonds is 5. The summed E-state index contributed by atoms with van der Waals surface area (Å²) in [5, 5.41) is 8.90. The number of carbonyl (C=O) groups is 2. The summed E-state index contributed by atoms with van der Waals surface area (Å²) in [4.78, 5) is 24.2. The first-order valence-corrected chi connectivity index (χ1v) is 5.87. The Morgan fingerprint density at radius 1 is 1.44 bits per heavy atom. The van der Waals surface area contributed by atoms with Crippen molar-refractivity contribution in [3.63, 3.8) is 0 Å². The molecule has 0 radical (unpaired) electrons. The number of aromatic carboxylic acids is 1. The number of hydrogen-bond acceptors (Lipinski definition) is 3. The third-order valence-electron chi connectivity index (χ3n) is 2.60. The third kappa shape index (κ3) is 3.61. The Bertz CT molecular complexity index is 448. The molecule has 0 saturated heterocycles. The number of amides is 1. The van der Waals surface area contributed by atoms with Gasteiger partial charge in [-0.25, -0.2) is 4.79 Å². The van der Waals surface area contributed by atoms with Gasteiger partial charge < -0.3 is 14.4 Å². The summed E-state index contributed by atoms with van der Waals surface area (Å²) in [6, 6.07) is 1.47. The van der Waals surface area contributed by atoms with E-state index in [1.54, 1.807) is 18.9 Å². The molecule has 5 heteroatoms. The van der Waals surface area contributed by atoms with Crippen LogP contribution in [-0.2, 0) is 11.3 Å². The maximum atomic E-state index is 11.8. The van der Waals surface area contributed by atoms with E-state index in [-0.39, 0.29) is 11.5 Å². The first-order chi connectivity index (χ1) is 8.31. The van der Waals surface area contributed by atoms with Crippen molar-refractivity contribution in [3.05, 3.63) is 23.2 Å². The highest BCUT2D eigenvalue weighted by Crippen LogP contribution is 2.16. The molecule has 1 amide bonds. The third-order valence-corrected chi connectivity index (χ3v) is 2.60. The number of carboxylic acid groups (broad SMARTS) is 1. The predicted molar refractivity (Wildman–Crippen MR) is 66.3 cm³/mol. The molecule has 100 valence electrons. The summed E-state index contributed by atoms with van der Waals surface area (Å²) in [6.07, 6.45) is 0.474. The van der Waals surface area contributed by atoms with E-state index in [1.807, 2.05) is 13.8 Å². The molecule has 0 aliphatic carbocycles. The largest absolute Gasteiger partial charge is 0.478 e. The van der Waals surface area contributed by atoms with E-state index >= 15 is 0 Å². The van der Waals surface area contributed by atoms with Gasteiger partial charge in [-0.15, -0.1) is 0 Å². The highest BCUT2D eigenvalue weighted by Gasteiger charge is 2.17. The van der Waals surface area contributed by atoms with Crippen LogP contribution in [0.5, 0.6) is 0 Å². The van der Waals surface area contributed by atoms with Gasteiger partial charge >= 0.3 is 5.97 Å². The maximum Gasteiger partial charge on any atom is 0.339 e. The van der Waals surface area contributed by atoms with Gasteiger partial charge in [0.25, 0.3) is 0 Å². The zero-order chi connectivity index (χ0) is 13.9. The fourth-order valence-corrected chi connectivity index (χ4v) is 1.66. The molecule has 0 saturated carbocycles. The van der Waals surface area contributed by atoms with E-state index in [9.17, 15) is 9.59 Å². The van der Waals surface area contributed by atoms with Gasteiger partial charge in [0.1, 0.15) is 17.1 Å². The Morgan fingerprint density at radius 2 is 2.06 bits per heavy atom. The van der Waals surface area contributed by atoms with Crippen LogP contribution in [-0.4, -0.2) is 28.9 Å². The van der Waals surface area contributed by atoms with Crippen molar-refractivity contribution in [2.45, 2.75) is 33.7 Å². The molecular weight excluding hydrogens is 234 g/mol. The Kier molecular flexibility index (Phi) is 4.53. The molecule has 0 unspecified atom stereocenters. The first-order valence-electron chi connectivity index (χ1n) is 5.87. The highest BCUT2D eigenvalue weighted by molar-refractivity contribution is 5.88. The second-order valence-electron chi connectivity index (χ2n) is 4.84. The van der Waals surface area contributed by atoms with Crippen LogP contribution in [0, 0.1) is 12.8 Å². The second-order valence-corrected chi connectivity index (χ2v) is 4.84. The lowest BCUT2D eigenvalue weighted by molar-refractivity contribution is -0.131. The second kappa shape index (κ2) is 5.71. The summed E-state index contributed by atoms with van der Waals surface area (Å²) in [5.41, 5.74) is 0.148. The minimum atomic E-state index is -1.02. The minimum absolute atomic E-state index is 0.0240. The monoisotopic (exact) mass is 253 g/mol. The van der Waals surface area contributed by atoms with Gasteiger partial charge in [0.15, 0.2) is 0 Å². The van der Waals surface area contributed by atoms with Gasteiger partial charge in [-0.05, 0) is 18.9 Å². The van der Waals surface area contributed by atoms with E-state index < -0.39 is 5.97 Å². The Labute approximate surface area is 106 Å². The SMILES string of the molecule is Cc1oc(CN(C)C(=O)CC(C)C)cc1C(=O)O. The molecular formula is C13H19NO4. The Morgan fingerprint density at radius 3 is 2.50 bits per heavy atom. The van der Waals surface area contributed by atoms with Gasteiger partial charge in [0.2, 0.25) is 5.91 Å². The molecule has 0 aliphatic heterocycles. The van der Waals surface area contributed by atoms with Crippen LogP contribution in [0.25, 0.3) is 0 Å². The molecule has 18 heavy (non-hydrogen) atoms. The van der Waals surface area contributed by atoms with Crippen molar-refractivity contribution < 1.29 is 19.1 Å². The number of carbonyl (C=O) groups excluding carboxylic acids is 1. The number of hydrogen-bond donors (Lipinski definition) is 1. The average Bonchev–Trinajstić information content (AvgIpc) is 2.58. The summed E-state index contributed by atoms with van der Waals surface area (Å²) < 4.78 is 5.33. The summed E-state index contributed by atoms with van der Waals surface area (Å²) >= 11 is 0. The number of carboxylic acids is 1. The smallest absolute Gasteiger partial charge is 0.339 e. The van der Waals surface area contributed by atoms with Gasteiger partial charge in [-0.3, -0.25) is 4.79 Å². The van der Waals surface area contributed by atoms with Gasteiger partial charge in [-0.1, -0.05) is 13.8 Å². The van der Waals surface area contributed by atoms with Crippen LogP contribution in [0.15, 0.2) is 10.5 Å². The fourth-order valence-electron chi connectivity index (χ4n) is 1.66. The molecule has 0 aromatic carbocycles. The van der Waals surface area contributed by atoms with Crippen molar-refractivity contribution in [2.75, 3.05) is 7.05 Å². The van der Waals surface area contributed by atoms with Crippen LogP contribution < -0.4 is 0 Å². The number of furan rings is 1. The van der Waals surface area contributed by atoms with Crippen LogP contribution in [0.2, 0.25) is 0 Å². The van der Waals surface area contributed by atoms with Crippen molar-refractivity contribution in [1.82, 2.24) is 4.90 Å². The average molecular weight is 253 g/mol. The van der Waals surface area contributed by atoms with Gasteiger partial charge in [0, 0.05) is 13.5 Å². The van der Waals surface area contributed by atoms with E-state index in [0.29, 0.717) is 30.4 Å². The minimum Gasteiger partial charge on any atom is -0.478 e. The fraction of sp³-hybridized carbons (Fsp3) is 0.538. The molecule has 5 nitrogen and oxygen atoms in total. The number of aryl methyl sites for hydroxylation is 1. The highest BCUT2D eigenvalue weighted by atomic mass is 16.4. The Balaban J connectivity index is 2.70. The molecule has 0 spiro atoms. The van der Waals surface area contributed by atoms with Gasteiger partial charge in [-0.2, -0.15) is 0 Å². The summed E-state index contributed by atoms with van der Waals surface area (Å²) in [6.45, 7) is 5.85. The molecule has 1 N–H and O–H groups in total. The lowest BCUT2D eigenvalue weighted by atomic mass is 10.1. The van der Waals surface area contributed by atoms with Crippen molar-refractivity contribution >= 4 is 11.9 Å². The molecule has 0 aliphatic rings. The van der Waals surface area contributed by atoms with E-state index in [2.05, 4.69) is 0 Å². The molecule has 0 bridgehead atoms. The van der Waals surface area contributed by atoms with Crippen molar-refractivity contribution in [1.29, 1.82) is 0 Å². The topological polar surface area (TPSA) is 70.8 Å². The summed E-state index contributed by atoms with van der Waals surface area (Å²) in [5.74, 6) is 0.161. The first kappa shape index (κ1) is 14.3. The molecule has 0 fully saturated rings. The summed E-state index contributed by atoms with van der Waals surface area (Å²) in [7, 11) is 1.68. The molecule has 0 atom stereocenters. The van der Waals surface area contributed by atoms with E-state index in [0.717, 1.165) is 0 Å². The molecule has 1 aromatic rings. The lowest BCUT2D eigenvalue weighted by Crippen LogP contribution is -2.26. The van der Waals surface area contributed by atoms with E-state index in [1.165, 1.54) is 6.07 Å². The van der Waals surface area contributed by atoms with Crippen molar-refractivity contribution in [2.24, 2.45) is 5.92 Å². The normalized spacial score (nSPS) is 10.7. The Hall–Kier alpha value is -1.78. The number of nitrogens with zero attached hydrogens (tertiary/aromatic N) is 1. The maximum absolute atomic E-state index is 11.8. The molecule has 1 aromatic heterocycles. The predicted octanol–water partition coefficient (Wildman–Crippen LogP) is 2.29. The quantitative estimate of drug-likeness (QED) is 0.874. The standard InChI is InChI=1S/C13H19NO4/c1-8(2)5-12(15)14(4)7-10-6-11(13(16)17)9(3)18-10/h6,8H,5,7H2,1-4H3,(H,16,17). The zero-order valence-corrected chi connectivity index (χ0v) is 11.2. The van der Waals surface area contributed by atoms with E-state index in [4.69, 9.17) is 9.52 Å². The van der Waals surface area contributed by atoms with Crippen LogP contribution in [0.3, 0.4) is 0 Å². The lowest BCUT2D eigenvalue weighted by Gasteiger charge is -2.16. The zero-order valence-electron chi connectivity index (χ0n) is 11.2. The molecule has 1 rings (SSSR count). The van der Waals surface area contributed by atoms with Crippen LogP contribution >= 0.6 is 0 Å². The van der Waals surface area contributed by atoms with Crippen LogP contribution in [0.1, 0.15) is 42.1 Å².